The number of hydrogen-bond donors (Lipinski definition) is 0. The fourth-order valence-electron chi connectivity index (χ4n) is 4.68. The molecular weight excluding hydrogens is 440 g/mol. The van der Waals surface area contributed by atoms with Crippen molar-refractivity contribution in [3.8, 4) is 17.3 Å². The van der Waals surface area contributed by atoms with E-state index in [1.165, 1.54) is 0 Å². The fourth-order valence-corrected chi connectivity index (χ4v) is 4.68. The summed E-state index contributed by atoms with van der Waals surface area (Å²) in [4.78, 5) is 33.5. The van der Waals surface area contributed by atoms with Gasteiger partial charge in [-0.3, -0.25) is 14.8 Å². The van der Waals surface area contributed by atoms with Gasteiger partial charge in [0.25, 0.3) is 5.91 Å². The molecular formula is C27H28N6O2. The van der Waals surface area contributed by atoms with Crippen LogP contribution in [0.25, 0.3) is 11.5 Å². The molecule has 1 aromatic carbocycles. The average molecular weight is 469 g/mol. The summed E-state index contributed by atoms with van der Waals surface area (Å²) >= 11 is 0. The highest BCUT2D eigenvalue weighted by Crippen LogP contribution is 2.31. The molecule has 1 unspecified atom stereocenters. The number of likely N-dealkylation sites (tertiary alicyclic amines) is 1. The van der Waals surface area contributed by atoms with E-state index in [-0.39, 0.29) is 11.8 Å². The van der Waals surface area contributed by atoms with E-state index in [0.29, 0.717) is 18.5 Å². The van der Waals surface area contributed by atoms with Gasteiger partial charge in [0.05, 0.1) is 18.4 Å². The molecule has 0 bridgehead atoms. The number of methoxy groups -OCH3 is 1. The van der Waals surface area contributed by atoms with Crippen LogP contribution in [0.1, 0.15) is 46.1 Å². The molecule has 1 aliphatic heterocycles. The number of carbonyl (C=O) groups is 1. The monoisotopic (exact) mass is 468 g/mol. The number of aryl methyl sites for hydroxylation is 1. The van der Waals surface area contributed by atoms with E-state index >= 15 is 0 Å². The number of pyridine rings is 1. The minimum Gasteiger partial charge on any atom is -0.496 e. The van der Waals surface area contributed by atoms with Crippen molar-refractivity contribution < 1.29 is 9.53 Å². The number of hydrogen-bond acceptors (Lipinski definition) is 6. The highest BCUT2D eigenvalue weighted by Gasteiger charge is 2.29. The van der Waals surface area contributed by atoms with Gasteiger partial charge in [-0.05, 0) is 31.0 Å². The van der Waals surface area contributed by atoms with E-state index in [0.717, 1.165) is 53.6 Å². The van der Waals surface area contributed by atoms with Crippen LogP contribution in [0, 0.1) is 0 Å². The third-order valence-corrected chi connectivity index (χ3v) is 6.49. The molecule has 1 aliphatic rings. The SMILES string of the molecule is COc1ccccc1Cc1ccc(C(=O)N2CCCC(c3nccnc3-c3nccn3C)C2)cn1. The molecule has 0 aliphatic carbocycles. The summed E-state index contributed by atoms with van der Waals surface area (Å²) < 4.78 is 7.38. The minimum atomic E-state index is -0.00604. The molecule has 1 amide bonds. The van der Waals surface area contributed by atoms with Crippen molar-refractivity contribution in [2.24, 2.45) is 7.05 Å². The fraction of sp³-hybridized carbons (Fsp3) is 0.296. The number of piperidine rings is 1. The van der Waals surface area contributed by atoms with Crippen molar-refractivity contribution in [2.75, 3.05) is 20.2 Å². The van der Waals surface area contributed by atoms with Crippen LogP contribution >= 0.6 is 0 Å². The molecule has 0 radical (unpaired) electrons. The topological polar surface area (TPSA) is 86.0 Å². The molecule has 0 N–H and O–H groups in total. The molecule has 8 heteroatoms. The van der Waals surface area contributed by atoms with Crippen molar-refractivity contribution in [1.29, 1.82) is 0 Å². The van der Waals surface area contributed by atoms with E-state index in [2.05, 4.69) is 19.9 Å². The first kappa shape index (κ1) is 22.7. The van der Waals surface area contributed by atoms with Gasteiger partial charge in [0, 0.05) is 74.7 Å². The van der Waals surface area contributed by atoms with Crippen LogP contribution in [0.15, 0.2) is 67.4 Å². The number of aromatic nitrogens is 5. The number of para-hydroxylation sites is 1. The Kier molecular flexibility index (Phi) is 6.52. The third-order valence-electron chi connectivity index (χ3n) is 6.49. The quantitative estimate of drug-likeness (QED) is 0.427. The summed E-state index contributed by atoms with van der Waals surface area (Å²) in [6.45, 7) is 1.31. The van der Waals surface area contributed by atoms with E-state index in [1.807, 2.05) is 59.1 Å². The van der Waals surface area contributed by atoms with Gasteiger partial charge in [0.1, 0.15) is 11.4 Å². The average Bonchev–Trinajstić information content (AvgIpc) is 3.34. The van der Waals surface area contributed by atoms with Crippen LogP contribution < -0.4 is 4.74 Å². The van der Waals surface area contributed by atoms with Crippen molar-refractivity contribution in [1.82, 2.24) is 29.4 Å². The van der Waals surface area contributed by atoms with Crippen LogP contribution in [0.4, 0.5) is 0 Å². The Hall–Kier alpha value is -4.07. The standard InChI is InChI=1S/C27H28N6O2/c1-32-15-13-30-26(32)25-24(28-11-12-29-25)21-7-5-14-33(18-21)27(34)20-9-10-22(31-17-20)16-19-6-3-4-8-23(19)35-2/h3-4,6,8-13,15,17,21H,5,7,14,16,18H2,1-2H3. The minimum absolute atomic E-state index is 0.00604. The highest BCUT2D eigenvalue weighted by molar-refractivity contribution is 5.94. The number of amides is 1. The number of imidazole rings is 1. The van der Waals surface area contributed by atoms with Gasteiger partial charge in [-0.2, -0.15) is 0 Å². The lowest BCUT2D eigenvalue weighted by atomic mass is 9.92. The molecule has 8 nitrogen and oxygen atoms in total. The molecule has 5 rings (SSSR count). The van der Waals surface area contributed by atoms with Crippen molar-refractivity contribution in [2.45, 2.75) is 25.2 Å². The second-order valence-corrected chi connectivity index (χ2v) is 8.77. The second kappa shape index (κ2) is 10.0. The summed E-state index contributed by atoms with van der Waals surface area (Å²) in [6, 6.07) is 11.7. The van der Waals surface area contributed by atoms with Crippen LogP contribution in [0.3, 0.4) is 0 Å². The normalized spacial score (nSPS) is 15.7. The smallest absolute Gasteiger partial charge is 0.255 e. The largest absolute Gasteiger partial charge is 0.496 e. The lowest BCUT2D eigenvalue weighted by Crippen LogP contribution is -2.39. The van der Waals surface area contributed by atoms with Crippen molar-refractivity contribution in [3.05, 3.63) is 89.9 Å². The van der Waals surface area contributed by atoms with Crippen molar-refractivity contribution >= 4 is 5.91 Å². The first-order chi connectivity index (χ1) is 17.1. The third kappa shape index (κ3) is 4.77. The number of benzene rings is 1. The molecule has 178 valence electrons. The molecule has 35 heavy (non-hydrogen) atoms. The molecule has 0 saturated carbocycles. The molecule has 1 fully saturated rings. The Labute approximate surface area is 204 Å². The van der Waals surface area contributed by atoms with Crippen LogP contribution in [0.5, 0.6) is 5.75 Å². The molecule has 4 heterocycles. The summed E-state index contributed by atoms with van der Waals surface area (Å²) in [5.74, 6) is 1.72. The Bertz CT molecular complexity index is 1320. The van der Waals surface area contributed by atoms with Gasteiger partial charge in [-0.1, -0.05) is 18.2 Å². The van der Waals surface area contributed by atoms with E-state index in [1.54, 1.807) is 31.9 Å². The zero-order valence-electron chi connectivity index (χ0n) is 20.0. The Morgan fingerprint density at radius 1 is 1.06 bits per heavy atom. The number of rotatable bonds is 6. The predicted octanol–water partition coefficient (Wildman–Crippen LogP) is 3.89. The number of carbonyl (C=O) groups excluding carboxylic acids is 1. The summed E-state index contributed by atoms with van der Waals surface area (Å²) in [5.41, 5.74) is 4.22. The van der Waals surface area contributed by atoms with Crippen LogP contribution in [-0.2, 0) is 13.5 Å². The molecule has 1 saturated heterocycles. The number of ether oxygens (including phenoxy) is 1. The second-order valence-electron chi connectivity index (χ2n) is 8.77. The lowest BCUT2D eigenvalue weighted by Gasteiger charge is -2.33. The first-order valence-electron chi connectivity index (χ1n) is 11.8. The van der Waals surface area contributed by atoms with Gasteiger partial charge >= 0.3 is 0 Å². The Balaban J connectivity index is 1.31. The van der Waals surface area contributed by atoms with E-state index in [9.17, 15) is 4.79 Å². The van der Waals surface area contributed by atoms with Crippen LogP contribution in [-0.4, -0.2) is 55.5 Å². The van der Waals surface area contributed by atoms with Gasteiger partial charge in [-0.25, -0.2) is 9.97 Å². The summed E-state index contributed by atoms with van der Waals surface area (Å²) in [5, 5.41) is 0. The first-order valence-corrected chi connectivity index (χ1v) is 11.8. The maximum Gasteiger partial charge on any atom is 0.255 e. The zero-order valence-corrected chi connectivity index (χ0v) is 20.0. The maximum absolute atomic E-state index is 13.3. The van der Waals surface area contributed by atoms with E-state index < -0.39 is 0 Å². The van der Waals surface area contributed by atoms with Crippen molar-refractivity contribution in [3.63, 3.8) is 0 Å². The Morgan fingerprint density at radius 3 is 2.69 bits per heavy atom. The molecule has 4 aromatic rings. The van der Waals surface area contributed by atoms with Gasteiger partial charge < -0.3 is 14.2 Å². The molecule has 3 aromatic heterocycles. The Morgan fingerprint density at radius 2 is 1.91 bits per heavy atom. The predicted molar refractivity (Wildman–Crippen MR) is 132 cm³/mol. The molecule has 1 atom stereocenters. The van der Waals surface area contributed by atoms with Gasteiger partial charge in [-0.15, -0.1) is 0 Å². The maximum atomic E-state index is 13.3. The van der Waals surface area contributed by atoms with Gasteiger partial charge in [0.2, 0.25) is 0 Å². The van der Waals surface area contributed by atoms with Crippen LogP contribution in [0.2, 0.25) is 0 Å². The summed E-state index contributed by atoms with van der Waals surface area (Å²) in [7, 11) is 3.61. The summed E-state index contributed by atoms with van der Waals surface area (Å²) in [6.07, 6.45) is 11.3. The number of nitrogens with zero attached hydrogens (tertiary/aromatic N) is 6. The molecule has 0 spiro atoms. The lowest BCUT2D eigenvalue weighted by molar-refractivity contribution is 0.0705. The highest BCUT2D eigenvalue weighted by atomic mass is 16.5. The van der Waals surface area contributed by atoms with E-state index in [4.69, 9.17) is 4.74 Å². The van der Waals surface area contributed by atoms with Gasteiger partial charge in [0.15, 0.2) is 5.82 Å². The zero-order chi connectivity index (χ0) is 24.2.